The van der Waals surface area contributed by atoms with Gasteiger partial charge in [0.1, 0.15) is 0 Å². The second-order valence-electron chi connectivity index (χ2n) is 3.22. The largest absolute Gasteiger partial charge is 0.326 e. The van der Waals surface area contributed by atoms with E-state index in [-0.39, 0.29) is 0 Å². The molecule has 0 saturated carbocycles. The molecule has 0 aromatic carbocycles. The van der Waals surface area contributed by atoms with Crippen molar-refractivity contribution in [2.24, 2.45) is 5.73 Å². The zero-order valence-corrected chi connectivity index (χ0v) is 8.90. The number of nitrogens with zero attached hydrogens (tertiary/aromatic N) is 2. The maximum Gasteiger partial charge on any atom is 0.194 e. The lowest BCUT2D eigenvalue weighted by Gasteiger charge is -1.96. The van der Waals surface area contributed by atoms with E-state index in [9.17, 15) is 0 Å². The van der Waals surface area contributed by atoms with Gasteiger partial charge in [0, 0.05) is 22.8 Å². The number of thiazole rings is 1. The molecule has 2 N–H and O–H groups in total. The molecule has 2 heterocycles. The van der Waals surface area contributed by atoms with Gasteiger partial charge in [0.25, 0.3) is 0 Å². The van der Waals surface area contributed by atoms with E-state index in [2.05, 4.69) is 23.2 Å². The van der Waals surface area contributed by atoms with E-state index in [1.807, 2.05) is 6.92 Å². The minimum absolute atomic E-state index is 0.609. The number of rotatable bonds is 1. The monoisotopic (exact) mass is 195 g/mol. The van der Waals surface area contributed by atoms with Crippen molar-refractivity contribution in [1.82, 2.24) is 9.38 Å². The molecule has 2 aromatic rings. The predicted molar refractivity (Wildman–Crippen MR) is 55.2 cm³/mol. The highest BCUT2D eigenvalue weighted by Crippen LogP contribution is 2.24. The fraction of sp³-hybridized carbons (Fsp3) is 0.444. The van der Waals surface area contributed by atoms with Crippen LogP contribution in [0.3, 0.4) is 0 Å². The highest BCUT2D eigenvalue weighted by molar-refractivity contribution is 7.17. The van der Waals surface area contributed by atoms with Gasteiger partial charge in [-0.3, -0.25) is 4.40 Å². The van der Waals surface area contributed by atoms with Crippen molar-refractivity contribution < 1.29 is 0 Å². The second kappa shape index (κ2) is 2.82. The highest BCUT2D eigenvalue weighted by atomic mass is 32.1. The van der Waals surface area contributed by atoms with Crippen LogP contribution >= 0.6 is 11.3 Å². The summed E-state index contributed by atoms with van der Waals surface area (Å²) < 4.78 is 2.18. The first-order valence-corrected chi connectivity index (χ1v) is 5.10. The summed E-state index contributed by atoms with van der Waals surface area (Å²) in [5, 5.41) is 0. The second-order valence-corrected chi connectivity index (χ2v) is 4.28. The Bertz CT molecular complexity index is 453. The molecule has 3 nitrogen and oxygen atoms in total. The third kappa shape index (κ3) is 1.09. The Balaban J connectivity index is 2.82. The van der Waals surface area contributed by atoms with Gasteiger partial charge in [0.05, 0.1) is 5.69 Å². The van der Waals surface area contributed by atoms with Crippen molar-refractivity contribution in [3.63, 3.8) is 0 Å². The quantitative estimate of drug-likeness (QED) is 0.753. The van der Waals surface area contributed by atoms with E-state index in [0.29, 0.717) is 6.54 Å². The first-order valence-electron chi connectivity index (χ1n) is 4.29. The maximum absolute atomic E-state index is 5.63. The maximum atomic E-state index is 5.63. The summed E-state index contributed by atoms with van der Waals surface area (Å²) in [7, 11) is 0. The van der Waals surface area contributed by atoms with Crippen LogP contribution in [0.25, 0.3) is 4.96 Å². The average Bonchev–Trinajstić information content (AvgIpc) is 2.54. The summed E-state index contributed by atoms with van der Waals surface area (Å²) in [6, 6.07) is 0. The molecule has 0 radical (unpaired) electrons. The molecule has 0 aliphatic rings. The Labute approximate surface area is 81.2 Å². The Morgan fingerprint density at radius 3 is 2.54 bits per heavy atom. The molecule has 2 rings (SSSR count). The molecule has 0 fully saturated rings. The van der Waals surface area contributed by atoms with Crippen LogP contribution in [0.1, 0.15) is 22.0 Å². The number of imidazole rings is 1. The molecule has 0 spiro atoms. The molecule has 70 valence electrons. The Kier molecular flexibility index (Phi) is 1.89. The SMILES string of the molecule is Cc1nc2sc(CN)c(C)n2c1C. The molecule has 4 heteroatoms. The van der Waals surface area contributed by atoms with E-state index < -0.39 is 0 Å². The first kappa shape index (κ1) is 8.72. The van der Waals surface area contributed by atoms with Gasteiger partial charge >= 0.3 is 0 Å². The van der Waals surface area contributed by atoms with Crippen LogP contribution in [-0.2, 0) is 6.54 Å². The van der Waals surface area contributed by atoms with Crippen LogP contribution in [-0.4, -0.2) is 9.38 Å². The zero-order chi connectivity index (χ0) is 9.59. The van der Waals surface area contributed by atoms with Crippen LogP contribution in [0.2, 0.25) is 0 Å². The molecule has 0 aliphatic heterocycles. The standard InChI is InChI=1S/C9H13N3S/c1-5-6(2)12-7(3)8(4-10)13-9(12)11-5/h4,10H2,1-3H3. The summed E-state index contributed by atoms with van der Waals surface area (Å²) in [4.78, 5) is 6.76. The van der Waals surface area contributed by atoms with Crippen LogP contribution in [0.15, 0.2) is 0 Å². The summed E-state index contributed by atoms with van der Waals surface area (Å²) in [6.45, 7) is 6.84. The van der Waals surface area contributed by atoms with Crippen molar-refractivity contribution in [3.05, 3.63) is 22.0 Å². The Hall–Kier alpha value is -0.870. The Morgan fingerprint density at radius 2 is 2.00 bits per heavy atom. The number of aryl methyl sites for hydroxylation is 3. The zero-order valence-electron chi connectivity index (χ0n) is 8.09. The fourth-order valence-corrected chi connectivity index (χ4v) is 2.63. The lowest BCUT2D eigenvalue weighted by molar-refractivity contribution is 0.996. The van der Waals surface area contributed by atoms with Crippen LogP contribution in [0, 0.1) is 20.8 Å². The molecule has 13 heavy (non-hydrogen) atoms. The molecule has 0 amide bonds. The lowest BCUT2D eigenvalue weighted by atomic mass is 10.3. The van der Waals surface area contributed by atoms with Crippen molar-refractivity contribution in [2.45, 2.75) is 27.3 Å². The molecular weight excluding hydrogens is 182 g/mol. The fourth-order valence-electron chi connectivity index (χ4n) is 1.54. The summed E-state index contributed by atoms with van der Waals surface area (Å²) in [6.07, 6.45) is 0. The van der Waals surface area contributed by atoms with E-state index in [4.69, 9.17) is 5.73 Å². The topological polar surface area (TPSA) is 43.3 Å². The lowest BCUT2D eigenvalue weighted by Crippen LogP contribution is -1.97. The van der Waals surface area contributed by atoms with E-state index in [1.165, 1.54) is 16.3 Å². The molecule has 0 bridgehead atoms. The van der Waals surface area contributed by atoms with Crippen molar-refractivity contribution in [2.75, 3.05) is 0 Å². The molecule has 0 atom stereocenters. The van der Waals surface area contributed by atoms with Gasteiger partial charge in [-0.2, -0.15) is 0 Å². The number of nitrogens with two attached hydrogens (primary N) is 1. The van der Waals surface area contributed by atoms with E-state index >= 15 is 0 Å². The number of hydrogen-bond acceptors (Lipinski definition) is 3. The highest BCUT2D eigenvalue weighted by Gasteiger charge is 2.12. The molecule has 0 unspecified atom stereocenters. The van der Waals surface area contributed by atoms with Gasteiger partial charge in [-0.1, -0.05) is 11.3 Å². The average molecular weight is 195 g/mol. The third-order valence-electron chi connectivity index (χ3n) is 2.45. The first-order chi connectivity index (χ1) is 6.15. The van der Waals surface area contributed by atoms with Crippen molar-refractivity contribution in [3.8, 4) is 0 Å². The van der Waals surface area contributed by atoms with Gasteiger partial charge in [0.15, 0.2) is 4.96 Å². The van der Waals surface area contributed by atoms with Crippen LogP contribution in [0.5, 0.6) is 0 Å². The Morgan fingerprint density at radius 1 is 1.31 bits per heavy atom. The van der Waals surface area contributed by atoms with Gasteiger partial charge in [-0.15, -0.1) is 0 Å². The predicted octanol–water partition coefficient (Wildman–Crippen LogP) is 1.78. The molecule has 0 saturated heterocycles. The molecule has 2 aromatic heterocycles. The smallest absolute Gasteiger partial charge is 0.194 e. The van der Waals surface area contributed by atoms with Gasteiger partial charge < -0.3 is 5.73 Å². The van der Waals surface area contributed by atoms with Gasteiger partial charge in [-0.25, -0.2) is 4.98 Å². The summed E-state index contributed by atoms with van der Waals surface area (Å²) >= 11 is 1.69. The minimum atomic E-state index is 0.609. The number of hydrogen-bond donors (Lipinski definition) is 1. The number of fused-ring (bicyclic) bond motifs is 1. The van der Waals surface area contributed by atoms with Gasteiger partial charge in [-0.05, 0) is 20.8 Å². The van der Waals surface area contributed by atoms with E-state index in [0.717, 1.165) is 10.7 Å². The minimum Gasteiger partial charge on any atom is -0.326 e. The van der Waals surface area contributed by atoms with Crippen molar-refractivity contribution >= 4 is 16.3 Å². The van der Waals surface area contributed by atoms with Crippen molar-refractivity contribution in [1.29, 1.82) is 0 Å². The normalized spacial score (nSPS) is 11.4. The van der Waals surface area contributed by atoms with Crippen LogP contribution < -0.4 is 5.73 Å². The van der Waals surface area contributed by atoms with E-state index in [1.54, 1.807) is 11.3 Å². The van der Waals surface area contributed by atoms with Gasteiger partial charge in [0.2, 0.25) is 0 Å². The molecular formula is C9H13N3S. The molecule has 0 aliphatic carbocycles. The van der Waals surface area contributed by atoms with Crippen LogP contribution in [0.4, 0.5) is 0 Å². The number of aromatic nitrogens is 2. The summed E-state index contributed by atoms with van der Waals surface area (Å²) in [5.74, 6) is 0. The summed E-state index contributed by atoms with van der Waals surface area (Å²) in [5.41, 5.74) is 9.20. The third-order valence-corrected chi connectivity index (χ3v) is 3.62.